The zero-order valence-corrected chi connectivity index (χ0v) is 8.15. The van der Waals surface area contributed by atoms with Crippen molar-refractivity contribution < 1.29 is 9.90 Å². The molecule has 0 amide bonds. The fourth-order valence-corrected chi connectivity index (χ4v) is 1.88. The van der Waals surface area contributed by atoms with Crippen LogP contribution in [0.3, 0.4) is 0 Å². The third-order valence-corrected chi connectivity index (χ3v) is 2.71. The van der Waals surface area contributed by atoms with Gasteiger partial charge in [0.2, 0.25) is 0 Å². The van der Waals surface area contributed by atoms with E-state index in [1.54, 1.807) is 12.3 Å². The average molecular weight is 240 g/mol. The van der Waals surface area contributed by atoms with Gasteiger partial charge in [0.05, 0.1) is 15.6 Å². The van der Waals surface area contributed by atoms with Gasteiger partial charge < -0.3 is 9.51 Å². The van der Waals surface area contributed by atoms with Crippen LogP contribution in [-0.2, 0) is 0 Å². The van der Waals surface area contributed by atoms with Crippen LogP contribution in [0.25, 0.3) is 5.52 Å². The normalized spacial score (nSPS) is 10.5. The summed E-state index contributed by atoms with van der Waals surface area (Å²) in [4.78, 5) is 10.7. The van der Waals surface area contributed by atoms with Crippen molar-refractivity contribution in [3.05, 3.63) is 40.6 Å². The van der Waals surface area contributed by atoms with Crippen molar-refractivity contribution in [1.29, 1.82) is 0 Å². The Morgan fingerprint density at radius 3 is 2.85 bits per heavy atom. The molecule has 0 aliphatic rings. The largest absolute Gasteiger partial charge is 0.478 e. The number of aromatic carboxylic acids is 1. The SMILES string of the molecule is O=C(O)c1ccn2cccc2c1Br. The van der Waals surface area contributed by atoms with Gasteiger partial charge in [0, 0.05) is 12.4 Å². The van der Waals surface area contributed by atoms with Crippen molar-refractivity contribution in [2.24, 2.45) is 0 Å². The summed E-state index contributed by atoms with van der Waals surface area (Å²) in [5.74, 6) is -0.921. The summed E-state index contributed by atoms with van der Waals surface area (Å²) in [5.41, 5.74) is 1.14. The number of halogens is 1. The lowest BCUT2D eigenvalue weighted by Crippen LogP contribution is -1.99. The van der Waals surface area contributed by atoms with E-state index in [0.717, 1.165) is 5.52 Å². The van der Waals surface area contributed by atoms with E-state index in [4.69, 9.17) is 5.11 Å². The molecule has 66 valence electrons. The molecule has 0 atom stereocenters. The van der Waals surface area contributed by atoms with Gasteiger partial charge in [0.25, 0.3) is 0 Å². The zero-order chi connectivity index (χ0) is 9.42. The number of hydrogen-bond donors (Lipinski definition) is 1. The minimum atomic E-state index is -0.921. The Hall–Kier alpha value is -1.29. The van der Waals surface area contributed by atoms with Gasteiger partial charge in [-0.1, -0.05) is 0 Å². The molecule has 0 fully saturated rings. The van der Waals surface area contributed by atoms with Gasteiger partial charge in [-0.15, -0.1) is 0 Å². The van der Waals surface area contributed by atoms with Gasteiger partial charge >= 0.3 is 5.97 Å². The molecule has 0 aliphatic carbocycles. The number of carbonyl (C=O) groups is 1. The molecular formula is C9H6BrNO2. The van der Waals surface area contributed by atoms with E-state index in [9.17, 15) is 4.79 Å². The van der Waals surface area contributed by atoms with Crippen LogP contribution in [0.15, 0.2) is 35.1 Å². The van der Waals surface area contributed by atoms with Crippen LogP contribution >= 0.6 is 15.9 Å². The lowest BCUT2D eigenvalue weighted by Gasteiger charge is -2.01. The van der Waals surface area contributed by atoms with Gasteiger partial charge in [-0.05, 0) is 34.1 Å². The summed E-state index contributed by atoms with van der Waals surface area (Å²) in [6.45, 7) is 0. The molecule has 0 saturated heterocycles. The van der Waals surface area contributed by atoms with E-state index in [2.05, 4.69) is 15.9 Å². The average Bonchev–Trinajstić information content (AvgIpc) is 2.52. The van der Waals surface area contributed by atoms with Crippen LogP contribution in [0.2, 0.25) is 0 Å². The molecule has 2 rings (SSSR count). The van der Waals surface area contributed by atoms with Crippen molar-refractivity contribution in [3.63, 3.8) is 0 Å². The molecule has 0 unspecified atom stereocenters. The van der Waals surface area contributed by atoms with Crippen molar-refractivity contribution in [1.82, 2.24) is 4.40 Å². The van der Waals surface area contributed by atoms with E-state index in [1.807, 2.05) is 22.7 Å². The molecule has 1 N–H and O–H groups in total. The van der Waals surface area contributed by atoms with E-state index >= 15 is 0 Å². The Labute approximate surface area is 82.7 Å². The fraction of sp³-hybridized carbons (Fsp3) is 0. The molecule has 0 spiro atoms. The van der Waals surface area contributed by atoms with Crippen LogP contribution in [0.5, 0.6) is 0 Å². The molecule has 2 aromatic heterocycles. The Morgan fingerprint density at radius 2 is 2.15 bits per heavy atom. The molecule has 0 aliphatic heterocycles. The van der Waals surface area contributed by atoms with E-state index in [0.29, 0.717) is 4.47 Å². The van der Waals surface area contributed by atoms with Gasteiger partial charge in [0.15, 0.2) is 0 Å². The minimum absolute atomic E-state index is 0.284. The summed E-state index contributed by atoms with van der Waals surface area (Å²) in [6.07, 6.45) is 3.59. The zero-order valence-electron chi connectivity index (χ0n) is 6.57. The van der Waals surface area contributed by atoms with Crippen molar-refractivity contribution in [2.75, 3.05) is 0 Å². The fourth-order valence-electron chi connectivity index (χ4n) is 1.24. The third kappa shape index (κ3) is 1.23. The molecule has 4 heteroatoms. The molecule has 13 heavy (non-hydrogen) atoms. The maximum Gasteiger partial charge on any atom is 0.336 e. The van der Waals surface area contributed by atoms with Gasteiger partial charge in [-0.3, -0.25) is 0 Å². The number of aromatic nitrogens is 1. The monoisotopic (exact) mass is 239 g/mol. The number of nitrogens with zero attached hydrogens (tertiary/aromatic N) is 1. The number of fused-ring (bicyclic) bond motifs is 1. The summed E-state index contributed by atoms with van der Waals surface area (Å²) < 4.78 is 2.48. The standard InChI is InChI=1S/C9H6BrNO2/c10-8-6(9(12)13)3-5-11-4-1-2-7(8)11/h1-5H,(H,12,13). The molecule has 0 bridgehead atoms. The topological polar surface area (TPSA) is 41.7 Å². The Balaban J connectivity index is 2.80. The second-order valence-corrected chi connectivity index (χ2v) is 3.44. The molecule has 3 nitrogen and oxygen atoms in total. The predicted octanol–water partition coefficient (Wildman–Crippen LogP) is 2.40. The predicted molar refractivity (Wildman–Crippen MR) is 52.1 cm³/mol. The Morgan fingerprint density at radius 1 is 1.38 bits per heavy atom. The van der Waals surface area contributed by atoms with Crippen molar-refractivity contribution in [2.45, 2.75) is 0 Å². The summed E-state index contributed by atoms with van der Waals surface area (Å²) >= 11 is 3.26. The number of carboxylic acids is 1. The highest BCUT2D eigenvalue weighted by Crippen LogP contribution is 2.22. The quantitative estimate of drug-likeness (QED) is 0.831. The van der Waals surface area contributed by atoms with Crippen molar-refractivity contribution >= 4 is 27.4 Å². The van der Waals surface area contributed by atoms with Gasteiger partial charge in [-0.25, -0.2) is 4.79 Å². The third-order valence-electron chi connectivity index (χ3n) is 1.87. The first-order chi connectivity index (χ1) is 6.20. The first kappa shape index (κ1) is 8.31. The second kappa shape index (κ2) is 2.88. The highest BCUT2D eigenvalue weighted by molar-refractivity contribution is 9.10. The summed E-state index contributed by atoms with van der Waals surface area (Å²) in [7, 11) is 0. The van der Waals surface area contributed by atoms with Crippen LogP contribution in [-0.4, -0.2) is 15.5 Å². The number of carboxylic acid groups (broad SMARTS) is 1. The van der Waals surface area contributed by atoms with Crippen LogP contribution in [0.4, 0.5) is 0 Å². The minimum Gasteiger partial charge on any atom is -0.478 e. The van der Waals surface area contributed by atoms with Crippen LogP contribution < -0.4 is 0 Å². The summed E-state index contributed by atoms with van der Waals surface area (Å²) in [5, 5.41) is 8.82. The Kier molecular flexibility index (Phi) is 1.84. The number of hydrogen-bond acceptors (Lipinski definition) is 1. The van der Waals surface area contributed by atoms with E-state index in [1.165, 1.54) is 0 Å². The Bertz CT molecular complexity index is 475. The molecule has 0 aromatic carbocycles. The van der Waals surface area contributed by atoms with E-state index < -0.39 is 5.97 Å². The smallest absolute Gasteiger partial charge is 0.336 e. The molecule has 2 heterocycles. The van der Waals surface area contributed by atoms with Gasteiger partial charge in [0.1, 0.15) is 0 Å². The molecule has 0 saturated carbocycles. The number of rotatable bonds is 1. The maximum atomic E-state index is 10.7. The maximum absolute atomic E-state index is 10.7. The first-order valence-electron chi connectivity index (χ1n) is 3.68. The lowest BCUT2D eigenvalue weighted by molar-refractivity contribution is 0.0696. The second-order valence-electron chi connectivity index (χ2n) is 2.65. The molecule has 0 radical (unpaired) electrons. The summed E-state index contributed by atoms with van der Waals surface area (Å²) in [6, 6.07) is 5.29. The lowest BCUT2D eigenvalue weighted by atomic mass is 10.2. The molecule has 2 aromatic rings. The highest BCUT2D eigenvalue weighted by Gasteiger charge is 2.10. The van der Waals surface area contributed by atoms with Crippen molar-refractivity contribution in [3.8, 4) is 0 Å². The van der Waals surface area contributed by atoms with Crippen LogP contribution in [0, 0.1) is 0 Å². The molecular weight excluding hydrogens is 234 g/mol. The first-order valence-corrected chi connectivity index (χ1v) is 4.48. The highest BCUT2D eigenvalue weighted by atomic mass is 79.9. The van der Waals surface area contributed by atoms with E-state index in [-0.39, 0.29) is 5.56 Å². The van der Waals surface area contributed by atoms with Crippen LogP contribution in [0.1, 0.15) is 10.4 Å². The van der Waals surface area contributed by atoms with Gasteiger partial charge in [-0.2, -0.15) is 0 Å². The number of pyridine rings is 1.